The lowest BCUT2D eigenvalue weighted by Gasteiger charge is -2.29. The standard InChI is InChI=1S/C25H28N4O3S/c1-4-15-31-20-14-10-9-13-19(20)22-21(23(30)32-16-18-11-7-6-8-12-18)17(3)26-24-27-25(33-5-2)28-29(22)24/h6-14,22H,4-5,15-16H2,1-3H3,(H,26,27,28). The second-order valence-corrected chi connectivity index (χ2v) is 8.84. The third kappa shape index (κ3) is 5.06. The number of nitrogens with one attached hydrogen (secondary N) is 1. The summed E-state index contributed by atoms with van der Waals surface area (Å²) >= 11 is 1.55. The largest absolute Gasteiger partial charge is 0.493 e. The van der Waals surface area contributed by atoms with Crippen LogP contribution in [0.3, 0.4) is 0 Å². The number of para-hydroxylation sites is 1. The van der Waals surface area contributed by atoms with Crippen LogP contribution >= 0.6 is 11.8 Å². The van der Waals surface area contributed by atoms with Crippen molar-refractivity contribution < 1.29 is 14.3 Å². The molecule has 0 bridgehead atoms. The van der Waals surface area contributed by atoms with Gasteiger partial charge in [-0.05, 0) is 30.7 Å². The van der Waals surface area contributed by atoms with Crippen LogP contribution in [-0.2, 0) is 16.1 Å². The van der Waals surface area contributed by atoms with E-state index in [1.54, 1.807) is 16.4 Å². The Morgan fingerprint density at radius 3 is 2.64 bits per heavy atom. The first-order valence-electron chi connectivity index (χ1n) is 11.1. The van der Waals surface area contributed by atoms with Gasteiger partial charge in [-0.1, -0.05) is 74.1 Å². The van der Waals surface area contributed by atoms with Gasteiger partial charge >= 0.3 is 5.97 Å². The molecule has 0 saturated carbocycles. The van der Waals surface area contributed by atoms with Gasteiger partial charge in [-0.25, -0.2) is 9.48 Å². The van der Waals surface area contributed by atoms with Gasteiger partial charge in [0, 0.05) is 11.3 Å². The summed E-state index contributed by atoms with van der Waals surface area (Å²) in [4.78, 5) is 18.0. The summed E-state index contributed by atoms with van der Waals surface area (Å²) in [5, 5.41) is 8.61. The van der Waals surface area contributed by atoms with E-state index in [1.165, 1.54) is 0 Å². The van der Waals surface area contributed by atoms with Gasteiger partial charge in [0.05, 0.1) is 12.2 Å². The highest BCUT2D eigenvalue weighted by Gasteiger charge is 2.36. The van der Waals surface area contributed by atoms with Crippen LogP contribution < -0.4 is 10.1 Å². The summed E-state index contributed by atoms with van der Waals surface area (Å²) in [6.45, 7) is 6.76. The van der Waals surface area contributed by atoms with Crippen molar-refractivity contribution in [2.75, 3.05) is 17.7 Å². The molecule has 1 aliphatic heterocycles. The summed E-state index contributed by atoms with van der Waals surface area (Å²) in [6.07, 6.45) is 0.882. The van der Waals surface area contributed by atoms with Gasteiger partial charge in [0.2, 0.25) is 11.1 Å². The molecule has 1 N–H and O–H groups in total. The number of thioether (sulfide) groups is 1. The Hall–Kier alpha value is -3.26. The van der Waals surface area contributed by atoms with E-state index in [4.69, 9.17) is 14.6 Å². The molecule has 33 heavy (non-hydrogen) atoms. The van der Waals surface area contributed by atoms with Crippen molar-refractivity contribution >= 4 is 23.7 Å². The van der Waals surface area contributed by atoms with Crippen LogP contribution in [-0.4, -0.2) is 33.1 Å². The van der Waals surface area contributed by atoms with Crippen LogP contribution in [0.25, 0.3) is 0 Å². The maximum Gasteiger partial charge on any atom is 0.338 e. The SMILES string of the molecule is CCCOc1ccccc1C1C(C(=O)OCc2ccccc2)=C(C)Nc2nc(SCC)nn21. The summed E-state index contributed by atoms with van der Waals surface area (Å²) in [5.41, 5.74) is 2.96. The predicted molar refractivity (Wildman–Crippen MR) is 129 cm³/mol. The molecule has 172 valence electrons. The maximum atomic E-state index is 13.4. The third-order valence-corrected chi connectivity index (χ3v) is 5.93. The van der Waals surface area contributed by atoms with Crippen molar-refractivity contribution in [3.8, 4) is 5.75 Å². The van der Waals surface area contributed by atoms with E-state index in [0.29, 0.717) is 29.0 Å². The molecule has 1 aliphatic rings. The van der Waals surface area contributed by atoms with Gasteiger partial charge in [0.15, 0.2) is 0 Å². The van der Waals surface area contributed by atoms with Crippen LogP contribution in [0.2, 0.25) is 0 Å². The smallest absolute Gasteiger partial charge is 0.338 e. The normalized spacial score (nSPS) is 15.1. The van der Waals surface area contributed by atoms with E-state index in [2.05, 4.69) is 24.1 Å². The number of aromatic nitrogens is 3. The Kier molecular flexibility index (Phi) is 7.34. The number of carbonyl (C=O) groups is 1. The summed E-state index contributed by atoms with van der Waals surface area (Å²) in [5.74, 6) is 1.77. The summed E-state index contributed by atoms with van der Waals surface area (Å²) < 4.78 is 13.5. The van der Waals surface area contributed by atoms with Gasteiger partial charge in [0.1, 0.15) is 18.4 Å². The van der Waals surface area contributed by atoms with E-state index < -0.39 is 12.0 Å². The minimum atomic E-state index is -0.517. The molecule has 8 heteroatoms. The first kappa shape index (κ1) is 22.9. The molecular formula is C25H28N4O3S. The number of esters is 1. The molecular weight excluding hydrogens is 436 g/mol. The number of anilines is 1. The Morgan fingerprint density at radius 2 is 1.88 bits per heavy atom. The molecule has 4 rings (SSSR count). The molecule has 3 aromatic rings. The number of nitrogens with zero attached hydrogens (tertiary/aromatic N) is 3. The fourth-order valence-electron chi connectivity index (χ4n) is 3.72. The number of fused-ring (bicyclic) bond motifs is 1. The zero-order valence-electron chi connectivity index (χ0n) is 19.1. The fourth-order valence-corrected chi connectivity index (χ4v) is 4.28. The Labute approximate surface area is 198 Å². The molecule has 0 fully saturated rings. The number of hydrogen-bond donors (Lipinski definition) is 1. The van der Waals surface area contributed by atoms with E-state index in [9.17, 15) is 4.79 Å². The van der Waals surface area contributed by atoms with Crippen molar-refractivity contribution in [2.24, 2.45) is 0 Å². The number of hydrogen-bond acceptors (Lipinski definition) is 7. The topological polar surface area (TPSA) is 78.3 Å². The Balaban J connectivity index is 1.74. The third-order valence-electron chi connectivity index (χ3n) is 5.21. The lowest BCUT2D eigenvalue weighted by molar-refractivity contribution is -0.140. The van der Waals surface area contributed by atoms with E-state index >= 15 is 0 Å². The molecule has 7 nitrogen and oxygen atoms in total. The second kappa shape index (κ2) is 10.6. The van der Waals surface area contributed by atoms with Crippen molar-refractivity contribution in [3.05, 3.63) is 77.0 Å². The monoisotopic (exact) mass is 464 g/mol. The molecule has 0 amide bonds. The van der Waals surface area contributed by atoms with Crippen LogP contribution in [0.5, 0.6) is 5.75 Å². The highest BCUT2D eigenvalue weighted by molar-refractivity contribution is 7.99. The van der Waals surface area contributed by atoms with Gasteiger partial charge in [-0.15, -0.1) is 5.10 Å². The lowest BCUT2D eigenvalue weighted by Crippen LogP contribution is -2.30. The first-order valence-corrected chi connectivity index (χ1v) is 12.1. The summed E-state index contributed by atoms with van der Waals surface area (Å²) in [6, 6.07) is 16.9. The van der Waals surface area contributed by atoms with E-state index in [1.807, 2.05) is 61.5 Å². The zero-order chi connectivity index (χ0) is 23.2. The summed E-state index contributed by atoms with van der Waals surface area (Å²) in [7, 11) is 0. The maximum absolute atomic E-state index is 13.4. The van der Waals surface area contributed by atoms with Crippen molar-refractivity contribution in [2.45, 2.75) is 45.0 Å². The van der Waals surface area contributed by atoms with Crippen LogP contribution in [0, 0.1) is 0 Å². The second-order valence-electron chi connectivity index (χ2n) is 7.61. The molecule has 1 atom stereocenters. The number of allylic oxidation sites excluding steroid dienone is 1. The Morgan fingerprint density at radius 1 is 1.12 bits per heavy atom. The fraction of sp³-hybridized carbons (Fsp3) is 0.320. The molecule has 0 radical (unpaired) electrons. The van der Waals surface area contributed by atoms with Crippen LogP contribution in [0.4, 0.5) is 5.95 Å². The number of ether oxygens (including phenoxy) is 2. The number of benzene rings is 2. The number of carbonyl (C=O) groups excluding carboxylic acids is 1. The predicted octanol–water partition coefficient (Wildman–Crippen LogP) is 5.21. The number of rotatable bonds is 9. The molecule has 1 unspecified atom stereocenters. The molecule has 0 saturated heterocycles. The molecule has 0 spiro atoms. The van der Waals surface area contributed by atoms with Gasteiger partial charge in [0.25, 0.3) is 0 Å². The average Bonchev–Trinajstić information content (AvgIpc) is 3.23. The van der Waals surface area contributed by atoms with E-state index in [0.717, 1.165) is 29.1 Å². The van der Waals surface area contributed by atoms with Gasteiger partial charge < -0.3 is 14.8 Å². The molecule has 2 heterocycles. The minimum absolute atomic E-state index is 0.193. The highest BCUT2D eigenvalue weighted by Crippen LogP contribution is 2.40. The van der Waals surface area contributed by atoms with Crippen molar-refractivity contribution in [3.63, 3.8) is 0 Å². The minimum Gasteiger partial charge on any atom is -0.493 e. The van der Waals surface area contributed by atoms with Crippen LogP contribution in [0.1, 0.15) is 44.4 Å². The highest BCUT2D eigenvalue weighted by atomic mass is 32.2. The van der Waals surface area contributed by atoms with Gasteiger partial charge in [-0.3, -0.25) is 0 Å². The van der Waals surface area contributed by atoms with Crippen LogP contribution in [0.15, 0.2) is 71.0 Å². The molecule has 1 aromatic heterocycles. The lowest BCUT2D eigenvalue weighted by atomic mass is 9.95. The molecule has 2 aromatic carbocycles. The van der Waals surface area contributed by atoms with Gasteiger partial charge in [-0.2, -0.15) is 4.98 Å². The quantitative estimate of drug-likeness (QED) is 0.344. The van der Waals surface area contributed by atoms with Crippen molar-refractivity contribution in [1.82, 2.24) is 14.8 Å². The van der Waals surface area contributed by atoms with E-state index in [-0.39, 0.29) is 6.61 Å². The zero-order valence-corrected chi connectivity index (χ0v) is 19.9. The Bertz CT molecular complexity index is 1140. The molecule has 0 aliphatic carbocycles. The average molecular weight is 465 g/mol. The van der Waals surface area contributed by atoms with Crippen molar-refractivity contribution in [1.29, 1.82) is 0 Å². The first-order chi connectivity index (χ1) is 16.1.